The minimum Gasteiger partial charge on any atom is -0.232 e. The number of benzene rings is 2. The summed E-state index contributed by atoms with van der Waals surface area (Å²) in [4.78, 5) is -0.903. The van der Waals surface area contributed by atoms with Crippen LogP contribution in [0.25, 0.3) is 16.9 Å². The van der Waals surface area contributed by atoms with Crippen LogP contribution >= 0.6 is 11.6 Å². The molecule has 0 aliphatic carbocycles. The van der Waals surface area contributed by atoms with Crippen molar-refractivity contribution in [1.29, 1.82) is 0 Å². The molecule has 154 valence electrons. The number of hydrogen-bond donors (Lipinski definition) is 0. The average Bonchev–Trinajstić information content (AvgIpc) is 3.03. The zero-order chi connectivity index (χ0) is 21.7. The second kappa shape index (κ2) is 7.10. The molecule has 0 aliphatic heterocycles. The van der Waals surface area contributed by atoms with Crippen molar-refractivity contribution in [1.82, 2.24) is 9.78 Å². The van der Waals surface area contributed by atoms with Gasteiger partial charge in [-0.25, -0.2) is 21.9 Å². The van der Waals surface area contributed by atoms with E-state index in [1.807, 2.05) is 0 Å². The van der Waals surface area contributed by atoms with Gasteiger partial charge in [0.25, 0.3) is 0 Å². The van der Waals surface area contributed by atoms with E-state index in [0.717, 1.165) is 4.68 Å². The molecule has 0 N–H and O–H groups in total. The Morgan fingerprint density at radius 2 is 1.69 bits per heavy atom. The Morgan fingerprint density at radius 1 is 1.03 bits per heavy atom. The summed E-state index contributed by atoms with van der Waals surface area (Å²) in [5.41, 5.74) is -1.62. The predicted octanol–water partition coefficient (Wildman–Crippen LogP) is 5.20. The maximum absolute atomic E-state index is 14.6. The molecule has 3 aromatic rings. The van der Waals surface area contributed by atoms with Gasteiger partial charge >= 0.3 is 6.18 Å². The molecule has 3 rings (SSSR count). The molecule has 1 aromatic heterocycles. The van der Waals surface area contributed by atoms with Gasteiger partial charge in [0, 0.05) is 16.8 Å². The average molecular weight is 451 g/mol. The normalized spacial score (nSPS) is 12.4. The minimum absolute atomic E-state index is 0.0816. The van der Waals surface area contributed by atoms with E-state index in [1.54, 1.807) is 6.92 Å². The third-order valence-corrected chi connectivity index (χ3v) is 5.62. The van der Waals surface area contributed by atoms with Gasteiger partial charge in [-0.2, -0.15) is 18.3 Å². The number of alkyl halides is 3. The summed E-state index contributed by atoms with van der Waals surface area (Å²) in [5, 5.41) is 3.70. The van der Waals surface area contributed by atoms with E-state index in [4.69, 9.17) is 11.6 Å². The highest BCUT2D eigenvalue weighted by atomic mass is 35.5. The molecular formula is C18H12ClF5N2O2S. The topological polar surface area (TPSA) is 52.0 Å². The Hall–Kier alpha value is -2.46. The van der Waals surface area contributed by atoms with Gasteiger partial charge in [-0.15, -0.1) is 0 Å². The van der Waals surface area contributed by atoms with Gasteiger partial charge < -0.3 is 0 Å². The zero-order valence-electron chi connectivity index (χ0n) is 14.9. The molecule has 0 radical (unpaired) electrons. The van der Waals surface area contributed by atoms with Crippen molar-refractivity contribution in [2.75, 3.05) is 6.26 Å². The van der Waals surface area contributed by atoms with Gasteiger partial charge in [-0.05, 0) is 42.8 Å². The quantitative estimate of drug-likeness (QED) is 0.515. The first-order chi connectivity index (χ1) is 13.3. The van der Waals surface area contributed by atoms with E-state index >= 15 is 0 Å². The molecule has 0 fully saturated rings. The fourth-order valence-electron chi connectivity index (χ4n) is 2.63. The Labute approximate surface area is 167 Å². The molecule has 0 atom stereocenters. The first-order valence-corrected chi connectivity index (χ1v) is 10.2. The van der Waals surface area contributed by atoms with Crippen LogP contribution in [0.4, 0.5) is 22.0 Å². The molecule has 0 amide bonds. The van der Waals surface area contributed by atoms with E-state index in [-0.39, 0.29) is 10.7 Å². The van der Waals surface area contributed by atoms with Crippen LogP contribution in [-0.2, 0) is 16.0 Å². The standard InChI is InChI=1S/C18H12ClF5N2O2S/c1-9-3-4-10(5-12(9)19)26-15(8-17(25-26)18(22,23)24)11-6-14(21)16(7-13(11)20)29(2,27)28/h3-8H,1-2H3. The summed E-state index contributed by atoms with van der Waals surface area (Å²) in [6.45, 7) is 1.68. The summed E-state index contributed by atoms with van der Waals surface area (Å²) in [6, 6.07) is 5.76. The molecule has 29 heavy (non-hydrogen) atoms. The maximum Gasteiger partial charge on any atom is 0.435 e. The molecule has 0 spiro atoms. The number of aromatic nitrogens is 2. The van der Waals surface area contributed by atoms with Crippen LogP contribution in [0.15, 0.2) is 41.3 Å². The number of hydrogen-bond acceptors (Lipinski definition) is 3. The lowest BCUT2D eigenvalue weighted by atomic mass is 10.1. The van der Waals surface area contributed by atoms with Crippen molar-refractivity contribution in [3.05, 3.63) is 64.3 Å². The molecular weight excluding hydrogens is 439 g/mol. The lowest BCUT2D eigenvalue weighted by Crippen LogP contribution is -2.07. The van der Waals surface area contributed by atoms with Crippen molar-refractivity contribution in [2.24, 2.45) is 0 Å². The zero-order valence-corrected chi connectivity index (χ0v) is 16.4. The van der Waals surface area contributed by atoms with E-state index in [0.29, 0.717) is 30.0 Å². The fraction of sp³-hybridized carbons (Fsp3) is 0.167. The summed E-state index contributed by atoms with van der Waals surface area (Å²) < 4.78 is 92.4. The summed E-state index contributed by atoms with van der Waals surface area (Å²) in [7, 11) is -4.08. The van der Waals surface area contributed by atoms with Crippen molar-refractivity contribution in [3.8, 4) is 16.9 Å². The maximum atomic E-state index is 14.6. The third-order valence-electron chi connectivity index (χ3n) is 4.10. The molecule has 0 unspecified atom stereocenters. The van der Waals surface area contributed by atoms with Crippen LogP contribution in [-0.4, -0.2) is 24.5 Å². The molecule has 0 saturated heterocycles. The van der Waals surface area contributed by atoms with Crippen molar-refractivity contribution < 1.29 is 30.4 Å². The van der Waals surface area contributed by atoms with Crippen LogP contribution < -0.4 is 0 Å². The Kier molecular flexibility index (Phi) is 5.20. The number of rotatable bonds is 3. The van der Waals surface area contributed by atoms with Gasteiger partial charge in [0.15, 0.2) is 15.5 Å². The highest BCUT2D eigenvalue weighted by molar-refractivity contribution is 7.90. The second-order valence-corrected chi connectivity index (χ2v) is 8.68. The van der Waals surface area contributed by atoms with E-state index in [9.17, 15) is 30.4 Å². The summed E-state index contributed by atoms with van der Waals surface area (Å²) in [5.74, 6) is -2.52. The Balaban J connectivity index is 2.30. The van der Waals surface area contributed by atoms with Gasteiger partial charge in [0.05, 0.1) is 11.4 Å². The smallest absolute Gasteiger partial charge is 0.232 e. The highest BCUT2D eigenvalue weighted by Gasteiger charge is 2.36. The van der Waals surface area contributed by atoms with Gasteiger partial charge in [0.1, 0.15) is 16.5 Å². The Bertz CT molecular complexity index is 1220. The lowest BCUT2D eigenvalue weighted by molar-refractivity contribution is -0.141. The summed E-state index contributed by atoms with van der Waals surface area (Å²) >= 11 is 6.02. The molecule has 0 bridgehead atoms. The first kappa shape index (κ1) is 21.3. The fourth-order valence-corrected chi connectivity index (χ4v) is 3.54. The van der Waals surface area contributed by atoms with E-state index in [1.165, 1.54) is 18.2 Å². The molecule has 1 heterocycles. The number of aryl methyl sites for hydroxylation is 1. The van der Waals surface area contributed by atoms with Crippen LogP contribution in [0.5, 0.6) is 0 Å². The van der Waals surface area contributed by atoms with Crippen LogP contribution in [0.2, 0.25) is 5.02 Å². The third kappa shape index (κ3) is 4.13. The van der Waals surface area contributed by atoms with Crippen molar-refractivity contribution in [2.45, 2.75) is 18.0 Å². The lowest BCUT2D eigenvalue weighted by Gasteiger charge is -2.11. The number of sulfone groups is 1. The molecule has 11 heteroatoms. The molecule has 4 nitrogen and oxygen atoms in total. The second-order valence-electron chi connectivity index (χ2n) is 6.29. The number of halogens is 6. The van der Waals surface area contributed by atoms with Crippen LogP contribution in [0.1, 0.15) is 11.3 Å². The monoisotopic (exact) mass is 450 g/mol. The highest BCUT2D eigenvalue weighted by Crippen LogP contribution is 2.35. The molecule has 2 aromatic carbocycles. The summed E-state index contributed by atoms with van der Waals surface area (Å²) in [6.07, 6.45) is -4.17. The van der Waals surface area contributed by atoms with Gasteiger partial charge in [-0.3, -0.25) is 0 Å². The largest absolute Gasteiger partial charge is 0.435 e. The van der Waals surface area contributed by atoms with Crippen molar-refractivity contribution >= 4 is 21.4 Å². The SMILES string of the molecule is Cc1ccc(-n2nc(C(F)(F)F)cc2-c2cc(F)c(S(C)(=O)=O)cc2F)cc1Cl. The molecule has 0 aliphatic rings. The van der Waals surface area contributed by atoms with Crippen LogP contribution in [0, 0.1) is 18.6 Å². The van der Waals surface area contributed by atoms with E-state index in [2.05, 4.69) is 5.10 Å². The van der Waals surface area contributed by atoms with Gasteiger partial charge in [-0.1, -0.05) is 17.7 Å². The predicted molar refractivity (Wildman–Crippen MR) is 96.8 cm³/mol. The van der Waals surface area contributed by atoms with Crippen LogP contribution in [0.3, 0.4) is 0 Å². The number of nitrogens with zero attached hydrogens (tertiary/aromatic N) is 2. The first-order valence-electron chi connectivity index (χ1n) is 7.92. The minimum atomic E-state index is -4.85. The van der Waals surface area contributed by atoms with E-state index < -0.39 is 49.5 Å². The van der Waals surface area contributed by atoms with Gasteiger partial charge in [0.2, 0.25) is 0 Å². The van der Waals surface area contributed by atoms with Crippen molar-refractivity contribution in [3.63, 3.8) is 0 Å². The Morgan fingerprint density at radius 3 is 2.24 bits per heavy atom. The molecule has 0 saturated carbocycles.